The quantitative estimate of drug-likeness (QED) is 0.724. The molecule has 0 unspecified atom stereocenters. The molecule has 1 aromatic rings. The molecule has 0 spiro atoms. The molecule has 1 N–H and O–H groups in total. The normalized spacial score (nSPS) is 26.3. The van der Waals surface area contributed by atoms with Crippen molar-refractivity contribution in [2.75, 3.05) is 0 Å². The van der Waals surface area contributed by atoms with Crippen molar-refractivity contribution in [3.63, 3.8) is 0 Å². The van der Waals surface area contributed by atoms with Crippen LogP contribution in [0, 0.1) is 5.82 Å². The second kappa shape index (κ2) is 3.40. The predicted octanol–water partition coefficient (Wildman–Crippen LogP) is 1.82. The van der Waals surface area contributed by atoms with Gasteiger partial charge in [-0.3, -0.25) is 4.79 Å². The molecule has 14 heavy (non-hydrogen) atoms. The highest BCUT2D eigenvalue weighted by molar-refractivity contribution is 5.80. The summed E-state index contributed by atoms with van der Waals surface area (Å²) in [6.45, 7) is 1.97. The molecule has 1 amide bonds. The van der Waals surface area contributed by atoms with E-state index in [4.69, 9.17) is 0 Å². The molecule has 2 nitrogen and oxygen atoms in total. The molecule has 1 aliphatic heterocycles. The Morgan fingerprint density at radius 2 is 2.00 bits per heavy atom. The predicted molar refractivity (Wildman–Crippen MR) is 51.4 cm³/mol. The van der Waals surface area contributed by atoms with Gasteiger partial charge in [0.2, 0.25) is 5.91 Å². The average Bonchev–Trinajstić information content (AvgIpc) is 2.47. The maximum atomic E-state index is 12.7. The monoisotopic (exact) mass is 193 g/mol. The van der Waals surface area contributed by atoms with Gasteiger partial charge in [-0.25, -0.2) is 4.39 Å². The van der Waals surface area contributed by atoms with E-state index < -0.39 is 0 Å². The van der Waals surface area contributed by atoms with E-state index in [1.807, 2.05) is 6.92 Å². The smallest absolute Gasteiger partial charge is 0.220 e. The lowest BCUT2D eigenvalue weighted by molar-refractivity contribution is -0.119. The zero-order valence-corrected chi connectivity index (χ0v) is 7.96. The Labute approximate surface area is 82.1 Å². The first-order valence-corrected chi connectivity index (χ1v) is 4.71. The summed E-state index contributed by atoms with van der Waals surface area (Å²) in [6.07, 6.45) is 0.507. The highest BCUT2D eigenvalue weighted by Crippen LogP contribution is 2.27. The Hall–Kier alpha value is -1.38. The Kier molecular flexibility index (Phi) is 2.23. The molecule has 0 bridgehead atoms. The highest BCUT2D eigenvalue weighted by atomic mass is 19.1. The van der Waals surface area contributed by atoms with Crippen LogP contribution in [0.5, 0.6) is 0 Å². The van der Waals surface area contributed by atoms with Crippen molar-refractivity contribution in [2.45, 2.75) is 25.3 Å². The Balaban J connectivity index is 2.23. The van der Waals surface area contributed by atoms with Gasteiger partial charge in [0, 0.05) is 18.4 Å². The molecule has 0 saturated carbocycles. The average molecular weight is 193 g/mol. The van der Waals surface area contributed by atoms with E-state index in [9.17, 15) is 9.18 Å². The van der Waals surface area contributed by atoms with Crippen molar-refractivity contribution in [1.29, 1.82) is 0 Å². The third kappa shape index (κ3) is 1.62. The zero-order valence-electron chi connectivity index (χ0n) is 7.96. The van der Waals surface area contributed by atoms with Crippen LogP contribution in [0.2, 0.25) is 0 Å². The second-order valence-electron chi connectivity index (χ2n) is 3.72. The lowest BCUT2D eigenvalue weighted by atomic mass is 9.93. The van der Waals surface area contributed by atoms with Gasteiger partial charge >= 0.3 is 0 Å². The van der Waals surface area contributed by atoms with Crippen LogP contribution in [0.4, 0.5) is 4.39 Å². The largest absolute Gasteiger partial charge is 0.353 e. The lowest BCUT2D eigenvalue weighted by Crippen LogP contribution is -2.24. The van der Waals surface area contributed by atoms with E-state index in [0.717, 1.165) is 5.56 Å². The number of hydrogen-bond donors (Lipinski definition) is 1. The van der Waals surface area contributed by atoms with E-state index in [1.165, 1.54) is 12.1 Å². The van der Waals surface area contributed by atoms with Crippen LogP contribution in [0.25, 0.3) is 0 Å². The number of carbonyl (C=O) groups is 1. The summed E-state index contributed by atoms with van der Waals surface area (Å²) in [5.74, 6) is 0.0219. The lowest BCUT2D eigenvalue weighted by Gasteiger charge is -2.13. The summed E-state index contributed by atoms with van der Waals surface area (Å²) in [5, 5.41) is 2.85. The van der Waals surface area contributed by atoms with Crippen molar-refractivity contribution in [2.24, 2.45) is 0 Å². The van der Waals surface area contributed by atoms with E-state index in [-0.39, 0.29) is 23.7 Å². The summed E-state index contributed by atoms with van der Waals surface area (Å²) in [5.41, 5.74) is 1.03. The third-order valence-corrected chi connectivity index (χ3v) is 2.70. The summed E-state index contributed by atoms with van der Waals surface area (Å²) in [4.78, 5) is 11.1. The number of amides is 1. The number of benzene rings is 1. The molecule has 0 radical (unpaired) electrons. The molecule has 1 fully saturated rings. The molecule has 2 atom stereocenters. The molecular weight excluding hydrogens is 181 g/mol. The van der Waals surface area contributed by atoms with Gasteiger partial charge in [0.25, 0.3) is 0 Å². The Morgan fingerprint density at radius 3 is 2.50 bits per heavy atom. The summed E-state index contributed by atoms with van der Waals surface area (Å²) in [7, 11) is 0. The topological polar surface area (TPSA) is 29.1 Å². The molecule has 0 aromatic heterocycles. The van der Waals surface area contributed by atoms with Crippen LogP contribution < -0.4 is 5.32 Å². The van der Waals surface area contributed by atoms with Gasteiger partial charge in [0.15, 0.2) is 0 Å². The van der Waals surface area contributed by atoms with Crippen LogP contribution in [-0.2, 0) is 4.79 Å². The maximum Gasteiger partial charge on any atom is 0.220 e. The van der Waals surface area contributed by atoms with Crippen LogP contribution in [0.3, 0.4) is 0 Å². The van der Waals surface area contributed by atoms with E-state index in [2.05, 4.69) is 5.32 Å². The van der Waals surface area contributed by atoms with Crippen molar-refractivity contribution < 1.29 is 9.18 Å². The molecular formula is C11H12FNO. The number of nitrogens with one attached hydrogen (secondary N) is 1. The number of hydrogen-bond acceptors (Lipinski definition) is 1. The summed E-state index contributed by atoms with van der Waals surface area (Å²) in [6, 6.07) is 6.51. The van der Waals surface area contributed by atoms with Crippen molar-refractivity contribution in [1.82, 2.24) is 5.32 Å². The standard InChI is InChI=1S/C11H12FNO/c1-7-10(6-11(14)13-7)8-2-4-9(12)5-3-8/h2-5,7,10H,6H2,1H3,(H,13,14)/t7-,10+/m0/s1. The van der Waals surface area contributed by atoms with Crippen molar-refractivity contribution in [3.8, 4) is 0 Å². The fraction of sp³-hybridized carbons (Fsp3) is 0.364. The first-order valence-electron chi connectivity index (χ1n) is 4.71. The fourth-order valence-electron chi connectivity index (χ4n) is 1.91. The first-order chi connectivity index (χ1) is 6.66. The van der Waals surface area contributed by atoms with E-state index in [0.29, 0.717) is 6.42 Å². The van der Waals surface area contributed by atoms with Gasteiger partial charge in [0.1, 0.15) is 5.82 Å². The first kappa shape index (κ1) is 9.19. The minimum absolute atomic E-state index is 0.0758. The molecule has 0 aliphatic carbocycles. The van der Waals surface area contributed by atoms with Gasteiger partial charge in [0.05, 0.1) is 0 Å². The molecule has 1 aliphatic rings. The molecule has 2 rings (SSSR count). The Morgan fingerprint density at radius 1 is 1.36 bits per heavy atom. The van der Waals surface area contributed by atoms with Crippen molar-refractivity contribution in [3.05, 3.63) is 35.6 Å². The SMILES string of the molecule is C[C@@H]1NC(=O)C[C@H]1c1ccc(F)cc1. The second-order valence-corrected chi connectivity index (χ2v) is 3.72. The number of halogens is 1. The van der Waals surface area contributed by atoms with Gasteiger partial charge < -0.3 is 5.32 Å². The van der Waals surface area contributed by atoms with Crippen LogP contribution in [0.1, 0.15) is 24.8 Å². The van der Waals surface area contributed by atoms with E-state index in [1.54, 1.807) is 12.1 Å². The van der Waals surface area contributed by atoms with E-state index >= 15 is 0 Å². The zero-order chi connectivity index (χ0) is 10.1. The number of carbonyl (C=O) groups excluding carboxylic acids is 1. The fourth-order valence-corrected chi connectivity index (χ4v) is 1.91. The minimum Gasteiger partial charge on any atom is -0.353 e. The highest BCUT2D eigenvalue weighted by Gasteiger charge is 2.29. The molecule has 3 heteroatoms. The van der Waals surface area contributed by atoms with Gasteiger partial charge in [-0.1, -0.05) is 12.1 Å². The van der Waals surface area contributed by atoms with Gasteiger partial charge in [-0.15, -0.1) is 0 Å². The van der Waals surface area contributed by atoms with Crippen LogP contribution >= 0.6 is 0 Å². The van der Waals surface area contributed by atoms with Gasteiger partial charge in [-0.05, 0) is 24.6 Å². The third-order valence-electron chi connectivity index (χ3n) is 2.70. The maximum absolute atomic E-state index is 12.7. The Bertz CT molecular complexity index is 347. The molecule has 1 saturated heterocycles. The molecule has 1 heterocycles. The molecule has 74 valence electrons. The van der Waals surface area contributed by atoms with Crippen molar-refractivity contribution >= 4 is 5.91 Å². The van der Waals surface area contributed by atoms with Gasteiger partial charge in [-0.2, -0.15) is 0 Å². The summed E-state index contributed by atoms with van der Waals surface area (Å²) >= 11 is 0. The summed E-state index contributed by atoms with van der Waals surface area (Å²) < 4.78 is 12.7. The number of rotatable bonds is 1. The van der Waals surface area contributed by atoms with Crippen LogP contribution in [-0.4, -0.2) is 11.9 Å². The molecule has 1 aromatic carbocycles. The minimum atomic E-state index is -0.237. The van der Waals surface area contributed by atoms with Crippen LogP contribution in [0.15, 0.2) is 24.3 Å².